The van der Waals surface area contributed by atoms with Gasteiger partial charge in [0, 0.05) is 11.4 Å². The fraction of sp³-hybridized carbons (Fsp3) is 0.280. The van der Waals surface area contributed by atoms with Crippen LogP contribution in [0.3, 0.4) is 0 Å². The topological polar surface area (TPSA) is 61.4 Å². The summed E-state index contributed by atoms with van der Waals surface area (Å²) in [6, 6.07) is 17.5. The van der Waals surface area contributed by atoms with E-state index in [0.717, 1.165) is 33.3 Å². The van der Waals surface area contributed by atoms with Crippen molar-refractivity contribution in [2.75, 3.05) is 24.2 Å². The molecule has 0 aliphatic carbocycles. The predicted octanol–water partition coefficient (Wildman–Crippen LogP) is 4.66. The lowest BCUT2D eigenvalue weighted by atomic mass is 10.1. The third-order valence-electron chi connectivity index (χ3n) is 5.39. The van der Waals surface area contributed by atoms with Gasteiger partial charge in [-0.15, -0.1) is 0 Å². The molecule has 5 nitrogen and oxygen atoms in total. The lowest BCUT2D eigenvalue weighted by molar-refractivity contribution is -0.122. The van der Waals surface area contributed by atoms with E-state index in [-0.39, 0.29) is 18.4 Å². The van der Waals surface area contributed by atoms with Crippen molar-refractivity contribution in [2.45, 2.75) is 33.7 Å². The van der Waals surface area contributed by atoms with E-state index in [1.807, 2.05) is 75.4 Å². The molecule has 156 valence electrons. The summed E-state index contributed by atoms with van der Waals surface area (Å²) in [6.07, 6.45) is 0. The molecule has 3 rings (SSSR count). The summed E-state index contributed by atoms with van der Waals surface area (Å²) in [5, 5.41) is 8.13. The van der Waals surface area contributed by atoms with Crippen molar-refractivity contribution in [1.29, 1.82) is 0 Å². The van der Waals surface area contributed by atoms with Gasteiger partial charge in [0.2, 0.25) is 11.8 Å². The monoisotopic (exact) mass is 403 g/mol. The Morgan fingerprint density at radius 1 is 0.900 bits per heavy atom. The van der Waals surface area contributed by atoms with E-state index in [1.165, 1.54) is 5.56 Å². The summed E-state index contributed by atoms with van der Waals surface area (Å²) in [5.74, 6) is -0.291. The Morgan fingerprint density at radius 3 is 2.20 bits per heavy atom. The van der Waals surface area contributed by atoms with Gasteiger partial charge < -0.3 is 10.6 Å². The summed E-state index contributed by atoms with van der Waals surface area (Å²) >= 11 is 0. The second-order valence-corrected chi connectivity index (χ2v) is 7.96. The molecule has 0 fully saturated rings. The normalized spacial score (nSPS) is 12.1. The number of likely N-dealkylation sites (N-methyl/N-ethyl adjacent to an activating group) is 1. The van der Waals surface area contributed by atoms with Crippen LogP contribution in [0.2, 0.25) is 0 Å². The fourth-order valence-corrected chi connectivity index (χ4v) is 3.63. The zero-order chi connectivity index (χ0) is 21.8. The first-order chi connectivity index (χ1) is 14.2. The van der Waals surface area contributed by atoms with E-state index < -0.39 is 6.04 Å². The number of rotatable bonds is 6. The van der Waals surface area contributed by atoms with Crippen LogP contribution < -0.4 is 10.6 Å². The molecule has 0 aliphatic heterocycles. The summed E-state index contributed by atoms with van der Waals surface area (Å²) in [7, 11) is 1.78. The molecule has 0 unspecified atom stereocenters. The summed E-state index contributed by atoms with van der Waals surface area (Å²) in [5.41, 5.74) is 4.82. The van der Waals surface area contributed by atoms with E-state index in [0.29, 0.717) is 0 Å². The summed E-state index contributed by atoms with van der Waals surface area (Å²) < 4.78 is 0. The average molecular weight is 404 g/mol. The largest absolute Gasteiger partial charge is 0.325 e. The number of amides is 2. The number of aryl methyl sites for hydroxylation is 3. The molecule has 0 aliphatic rings. The second-order valence-electron chi connectivity index (χ2n) is 7.96. The van der Waals surface area contributed by atoms with E-state index in [4.69, 9.17) is 0 Å². The molecule has 0 saturated carbocycles. The quantitative estimate of drug-likeness (QED) is 0.629. The number of fused-ring (bicyclic) bond motifs is 1. The lowest BCUT2D eigenvalue weighted by Crippen LogP contribution is -2.43. The fourth-order valence-electron chi connectivity index (χ4n) is 3.63. The van der Waals surface area contributed by atoms with Crippen LogP contribution in [0, 0.1) is 20.8 Å². The summed E-state index contributed by atoms with van der Waals surface area (Å²) in [6.45, 7) is 7.93. The maximum Gasteiger partial charge on any atom is 0.241 e. The highest BCUT2D eigenvalue weighted by molar-refractivity contribution is 5.98. The molecule has 3 aromatic rings. The standard InChI is InChI=1S/C25H29N3O2/c1-16-12-17(2)24(18(3)13-16)27-23(29)15-28(5)19(4)25(30)26-22-11-10-20-8-6-7-9-21(20)14-22/h6-14,19H,15H2,1-5H3,(H,26,30)(H,27,29)/t19-/m1/s1. The SMILES string of the molecule is Cc1cc(C)c(NC(=O)CN(C)[C@H](C)C(=O)Nc2ccc3ccccc3c2)c(C)c1. The predicted molar refractivity (Wildman–Crippen MR) is 124 cm³/mol. The van der Waals surface area contributed by atoms with Gasteiger partial charge in [-0.25, -0.2) is 0 Å². The highest BCUT2D eigenvalue weighted by atomic mass is 16.2. The van der Waals surface area contributed by atoms with Crippen LogP contribution in [-0.4, -0.2) is 36.3 Å². The number of hydrogen-bond donors (Lipinski definition) is 2. The number of nitrogens with one attached hydrogen (secondary N) is 2. The minimum atomic E-state index is -0.456. The molecule has 0 radical (unpaired) electrons. The highest BCUT2D eigenvalue weighted by Gasteiger charge is 2.21. The summed E-state index contributed by atoms with van der Waals surface area (Å²) in [4.78, 5) is 27.0. The minimum Gasteiger partial charge on any atom is -0.325 e. The Morgan fingerprint density at radius 2 is 1.53 bits per heavy atom. The molecule has 0 heterocycles. The number of carbonyl (C=O) groups excluding carboxylic acids is 2. The maximum atomic E-state index is 12.7. The van der Waals surface area contributed by atoms with Gasteiger partial charge in [0.25, 0.3) is 0 Å². The van der Waals surface area contributed by atoms with Crippen LogP contribution in [0.5, 0.6) is 0 Å². The van der Waals surface area contributed by atoms with Gasteiger partial charge in [0.05, 0.1) is 12.6 Å². The maximum absolute atomic E-state index is 12.7. The molecule has 3 aromatic carbocycles. The molecule has 0 bridgehead atoms. The second kappa shape index (κ2) is 9.09. The molecule has 0 aromatic heterocycles. The molecule has 0 saturated heterocycles. The van der Waals surface area contributed by atoms with E-state index >= 15 is 0 Å². The molecular formula is C25H29N3O2. The Kier molecular flexibility index (Phi) is 6.53. The molecule has 30 heavy (non-hydrogen) atoms. The van der Waals surface area contributed by atoms with Crippen molar-refractivity contribution < 1.29 is 9.59 Å². The molecule has 1 atom stereocenters. The molecule has 0 spiro atoms. The molecule has 2 N–H and O–H groups in total. The van der Waals surface area contributed by atoms with Crippen molar-refractivity contribution in [3.8, 4) is 0 Å². The third kappa shape index (κ3) is 5.05. The Balaban J connectivity index is 1.60. The number of anilines is 2. The first-order valence-electron chi connectivity index (χ1n) is 10.1. The zero-order valence-corrected chi connectivity index (χ0v) is 18.2. The average Bonchev–Trinajstić information content (AvgIpc) is 2.69. The number of nitrogens with zero attached hydrogens (tertiary/aromatic N) is 1. The van der Waals surface area contributed by atoms with Crippen LogP contribution in [0.25, 0.3) is 10.8 Å². The lowest BCUT2D eigenvalue weighted by Gasteiger charge is -2.24. The van der Waals surface area contributed by atoms with Crippen LogP contribution in [0.15, 0.2) is 54.6 Å². The van der Waals surface area contributed by atoms with Crippen LogP contribution in [-0.2, 0) is 9.59 Å². The van der Waals surface area contributed by atoms with Crippen LogP contribution in [0.1, 0.15) is 23.6 Å². The Hall–Kier alpha value is -3.18. The smallest absolute Gasteiger partial charge is 0.241 e. The number of benzene rings is 3. The van der Waals surface area contributed by atoms with Crippen LogP contribution in [0.4, 0.5) is 11.4 Å². The van der Waals surface area contributed by atoms with Gasteiger partial charge in [-0.2, -0.15) is 0 Å². The highest BCUT2D eigenvalue weighted by Crippen LogP contribution is 2.22. The van der Waals surface area contributed by atoms with E-state index in [1.54, 1.807) is 18.9 Å². The van der Waals surface area contributed by atoms with Gasteiger partial charge in [0.15, 0.2) is 0 Å². The molecule has 5 heteroatoms. The first kappa shape index (κ1) is 21.5. The minimum absolute atomic E-state index is 0.124. The van der Waals surface area contributed by atoms with Crippen molar-refractivity contribution in [3.05, 3.63) is 71.3 Å². The number of hydrogen-bond acceptors (Lipinski definition) is 3. The Labute approximate surface area is 178 Å². The molecular weight excluding hydrogens is 374 g/mol. The van der Waals surface area contributed by atoms with E-state index in [2.05, 4.69) is 10.6 Å². The van der Waals surface area contributed by atoms with Crippen molar-refractivity contribution in [2.24, 2.45) is 0 Å². The zero-order valence-electron chi connectivity index (χ0n) is 18.2. The van der Waals surface area contributed by atoms with E-state index in [9.17, 15) is 9.59 Å². The van der Waals surface area contributed by atoms with Gasteiger partial charge >= 0.3 is 0 Å². The van der Waals surface area contributed by atoms with Crippen LogP contribution >= 0.6 is 0 Å². The van der Waals surface area contributed by atoms with Gasteiger partial charge in [-0.1, -0.05) is 48.0 Å². The van der Waals surface area contributed by atoms with Crippen molar-refractivity contribution >= 4 is 34.0 Å². The molecule has 2 amide bonds. The number of carbonyl (C=O) groups is 2. The Bertz CT molecular complexity index is 1070. The van der Waals surface area contributed by atoms with Gasteiger partial charge in [0.1, 0.15) is 0 Å². The first-order valence-corrected chi connectivity index (χ1v) is 10.1. The van der Waals surface area contributed by atoms with Gasteiger partial charge in [-0.05, 0) is 68.8 Å². The van der Waals surface area contributed by atoms with Gasteiger partial charge in [-0.3, -0.25) is 14.5 Å². The van der Waals surface area contributed by atoms with Crippen molar-refractivity contribution in [3.63, 3.8) is 0 Å². The third-order valence-corrected chi connectivity index (χ3v) is 5.39. The van der Waals surface area contributed by atoms with Crippen molar-refractivity contribution in [1.82, 2.24) is 4.90 Å².